The molecule has 11 heteroatoms. The van der Waals surface area contributed by atoms with Crippen molar-refractivity contribution >= 4 is 35.8 Å². The molecule has 2 atom stereocenters. The molecule has 1 saturated carbocycles. The molecule has 1 aliphatic carbocycles. The number of alkyl carbamates (subject to hydrolysis) is 2. The molecule has 0 bridgehead atoms. The second-order valence-electron chi connectivity index (χ2n) is 12.8. The van der Waals surface area contributed by atoms with Crippen molar-refractivity contribution in [2.75, 3.05) is 19.7 Å². The highest BCUT2D eigenvalue weighted by Crippen LogP contribution is 2.34. The van der Waals surface area contributed by atoms with E-state index in [0.29, 0.717) is 31.8 Å². The Kier molecular flexibility index (Phi) is 12.9. The summed E-state index contributed by atoms with van der Waals surface area (Å²) in [5, 5.41) is 9.08. The molecule has 0 aromatic heterocycles. The second kappa shape index (κ2) is 15.2. The van der Waals surface area contributed by atoms with E-state index in [0.717, 1.165) is 32.1 Å². The van der Waals surface area contributed by atoms with Gasteiger partial charge in [-0.1, -0.05) is 20.8 Å². The maximum Gasteiger partial charge on any atom is 0.407 e. The average Bonchev–Trinajstić information content (AvgIpc) is 3.33. The maximum atomic E-state index is 13.8. The van der Waals surface area contributed by atoms with Crippen LogP contribution in [0.15, 0.2) is 0 Å². The van der Waals surface area contributed by atoms with Crippen LogP contribution in [-0.4, -0.2) is 82.3 Å². The first-order valence-corrected chi connectivity index (χ1v) is 15.7. The minimum atomic E-state index is -0.828. The molecular formula is C29H52N4O6S. The Morgan fingerprint density at radius 2 is 1.62 bits per heavy atom. The maximum absolute atomic E-state index is 13.8. The summed E-state index contributed by atoms with van der Waals surface area (Å²) in [5.74, 6) is -0.0882. The van der Waals surface area contributed by atoms with Crippen molar-refractivity contribution in [2.45, 2.75) is 134 Å². The quantitative estimate of drug-likeness (QED) is 0.324. The molecule has 230 valence electrons. The van der Waals surface area contributed by atoms with E-state index in [4.69, 9.17) is 9.47 Å². The van der Waals surface area contributed by atoms with Crippen molar-refractivity contribution in [3.05, 3.63) is 0 Å². The zero-order valence-electron chi connectivity index (χ0n) is 25.8. The smallest absolute Gasteiger partial charge is 0.407 e. The molecule has 0 spiro atoms. The lowest BCUT2D eigenvalue weighted by Crippen LogP contribution is -2.60. The predicted octanol–water partition coefficient (Wildman–Crippen LogP) is 4.60. The predicted molar refractivity (Wildman–Crippen MR) is 158 cm³/mol. The van der Waals surface area contributed by atoms with Crippen molar-refractivity contribution in [2.24, 2.45) is 5.92 Å². The Morgan fingerprint density at radius 3 is 2.20 bits per heavy atom. The molecular weight excluding hydrogens is 532 g/mol. The van der Waals surface area contributed by atoms with Crippen LogP contribution in [0.4, 0.5) is 9.59 Å². The Labute approximate surface area is 244 Å². The zero-order chi connectivity index (χ0) is 30.1. The summed E-state index contributed by atoms with van der Waals surface area (Å²) in [6.45, 7) is 16.7. The lowest BCUT2D eigenvalue weighted by Gasteiger charge is -2.38. The highest BCUT2D eigenvalue weighted by atomic mass is 32.2. The summed E-state index contributed by atoms with van der Waals surface area (Å²) < 4.78 is 9.98. The summed E-state index contributed by atoms with van der Waals surface area (Å²) >= 11 is 1.61. The van der Waals surface area contributed by atoms with Crippen LogP contribution >= 0.6 is 11.8 Å². The van der Waals surface area contributed by atoms with Gasteiger partial charge in [0.25, 0.3) is 0 Å². The summed E-state index contributed by atoms with van der Waals surface area (Å²) in [6, 6.07) is -1.32. The molecule has 1 aliphatic heterocycles. The number of carbonyl (C=O) groups excluding carboxylic acids is 4. The topological polar surface area (TPSA) is 126 Å². The van der Waals surface area contributed by atoms with Gasteiger partial charge in [0.2, 0.25) is 11.8 Å². The fraction of sp³-hybridized carbons (Fsp3) is 0.862. The van der Waals surface area contributed by atoms with Gasteiger partial charge >= 0.3 is 12.2 Å². The Bertz CT molecular complexity index is 867. The Morgan fingerprint density at radius 1 is 0.975 bits per heavy atom. The third kappa shape index (κ3) is 11.0. The van der Waals surface area contributed by atoms with Gasteiger partial charge in [-0.15, -0.1) is 0 Å². The Balaban J connectivity index is 1.95. The molecule has 2 fully saturated rings. The molecule has 1 heterocycles. The van der Waals surface area contributed by atoms with Gasteiger partial charge in [-0.2, -0.15) is 11.8 Å². The summed E-state index contributed by atoms with van der Waals surface area (Å²) in [7, 11) is 0. The molecule has 2 rings (SSSR count). The molecule has 0 unspecified atom stereocenters. The fourth-order valence-corrected chi connectivity index (χ4v) is 6.89. The SMILES string of the molecule is CCCOC(=O)N[C@H](C(=O)N1CCC[C@H]1C(=O)NCC1CCC(NC(=O)OC(C)(C)C)CC1)C(C)(C)SC(C)C. The molecule has 0 aromatic rings. The van der Waals surface area contributed by atoms with Crippen LogP contribution in [0.1, 0.15) is 100 Å². The first kappa shape index (κ1) is 34.0. The summed E-state index contributed by atoms with van der Waals surface area (Å²) in [4.78, 5) is 53.3. The number of hydrogen-bond donors (Lipinski definition) is 3. The molecule has 2 aliphatic rings. The first-order chi connectivity index (χ1) is 18.6. The molecule has 40 heavy (non-hydrogen) atoms. The molecule has 0 radical (unpaired) electrons. The monoisotopic (exact) mass is 584 g/mol. The van der Waals surface area contributed by atoms with Crippen molar-refractivity contribution in [1.82, 2.24) is 20.9 Å². The van der Waals surface area contributed by atoms with E-state index >= 15 is 0 Å². The fourth-order valence-electron chi connectivity index (χ4n) is 5.38. The number of thioether (sulfide) groups is 1. The largest absolute Gasteiger partial charge is 0.450 e. The Hall–Kier alpha value is -2.17. The van der Waals surface area contributed by atoms with Crippen LogP contribution in [0.25, 0.3) is 0 Å². The van der Waals surface area contributed by atoms with Gasteiger partial charge in [-0.05, 0) is 90.7 Å². The molecule has 4 amide bonds. The van der Waals surface area contributed by atoms with Crippen LogP contribution in [0.3, 0.4) is 0 Å². The van der Waals surface area contributed by atoms with Gasteiger partial charge in [0.15, 0.2) is 0 Å². The summed E-state index contributed by atoms with van der Waals surface area (Å²) in [6.07, 6.45) is 4.44. The van der Waals surface area contributed by atoms with Crippen LogP contribution in [0.2, 0.25) is 0 Å². The lowest BCUT2D eigenvalue weighted by atomic mass is 9.86. The van der Waals surface area contributed by atoms with E-state index in [1.807, 2.05) is 41.5 Å². The van der Waals surface area contributed by atoms with Crippen LogP contribution in [-0.2, 0) is 19.1 Å². The number of hydrogen-bond acceptors (Lipinski definition) is 7. The zero-order valence-corrected chi connectivity index (χ0v) is 26.6. The van der Waals surface area contributed by atoms with Crippen LogP contribution < -0.4 is 16.0 Å². The van der Waals surface area contributed by atoms with E-state index in [-0.39, 0.29) is 29.7 Å². The lowest BCUT2D eigenvalue weighted by molar-refractivity contribution is -0.140. The van der Waals surface area contributed by atoms with Crippen LogP contribution in [0.5, 0.6) is 0 Å². The van der Waals surface area contributed by atoms with Crippen LogP contribution in [0, 0.1) is 5.92 Å². The van der Waals surface area contributed by atoms with E-state index in [9.17, 15) is 19.2 Å². The van der Waals surface area contributed by atoms with Crippen molar-refractivity contribution in [3.63, 3.8) is 0 Å². The van der Waals surface area contributed by atoms with Crippen molar-refractivity contribution in [1.29, 1.82) is 0 Å². The van der Waals surface area contributed by atoms with Crippen molar-refractivity contribution < 1.29 is 28.7 Å². The minimum absolute atomic E-state index is 0.0743. The van der Waals surface area contributed by atoms with Gasteiger partial charge in [-0.3, -0.25) is 9.59 Å². The number of rotatable bonds is 11. The second-order valence-corrected chi connectivity index (χ2v) is 15.0. The average molecular weight is 585 g/mol. The van der Waals surface area contributed by atoms with E-state index in [1.165, 1.54) is 0 Å². The number of nitrogens with one attached hydrogen (secondary N) is 3. The number of nitrogens with zero attached hydrogens (tertiary/aromatic N) is 1. The van der Waals surface area contributed by atoms with Crippen molar-refractivity contribution in [3.8, 4) is 0 Å². The highest BCUT2D eigenvalue weighted by molar-refractivity contribution is 8.01. The molecule has 3 N–H and O–H groups in total. The standard InChI is InChI=1S/C29H52N4O6S/c1-9-17-38-26(36)32-23(29(7,8)40-19(2)3)25(35)33-16-10-11-22(33)24(34)30-18-20-12-14-21(15-13-20)31-27(37)39-28(4,5)6/h19-23H,9-18H2,1-8H3,(H,30,34)(H,31,37)(H,32,36)/t20?,21?,22-,23+/m0/s1. The van der Waals surface area contributed by atoms with Gasteiger partial charge in [0.1, 0.15) is 17.7 Å². The third-order valence-corrected chi connectivity index (χ3v) is 8.47. The number of carbonyl (C=O) groups is 4. The minimum Gasteiger partial charge on any atom is -0.450 e. The van der Waals surface area contributed by atoms with Gasteiger partial charge in [-0.25, -0.2) is 9.59 Å². The van der Waals surface area contributed by atoms with Gasteiger partial charge in [0, 0.05) is 23.9 Å². The van der Waals surface area contributed by atoms with E-state index < -0.39 is 34.6 Å². The molecule has 1 saturated heterocycles. The van der Waals surface area contributed by atoms with E-state index in [2.05, 4.69) is 29.8 Å². The number of likely N-dealkylation sites (tertiary alicyclic amines) is 1. The highest BCUT2D eigenvalue weighted by Gasteiger charge is 2.44. The molecule has 0 aromatic carbocycles. The number of ether oxygens (including phenoxy) is 2. The third-order valence-electron chi connectivity index (χ3n) is 7.15. The first-order valence-electron chi connectivity index (χ1n) is 14.8. The number of amides is 4. The molecule has 10 nitrogen and oxygen atoms in total. The summed E-state index contributed by atoms with van der Waals surface area (Å²) in [5.41, 5.74) is -0.529. The van der Waals surface area contributed by atoms with Gasteiger partial charge < -0.3 is 30.3 Å². The van der Waals surface area contributed by atoms with Gasteiger partial charge in [0.05, 0.1) is 6.61 Å². The normalized spacial score (nSPS) is 22.4. The van der Waals surface area contributed by atoms with E-state index in [1.54, 1.807) is 16.7 Å².